The first kappa shape index (κ1) is 19.2. The van der Waals surface area contributed by atoms with Crippen molar-refractivity contribution in [2.24, 2.45) is 17.8 Å². The van der Waals surface area contributed by atoms with Gasteiger partial charge in [-0.05, 0) is 62.1 Å². The van der Waals surface area contributed by atoms with Gasteiger partial charge >= 0.3 is 0 Å². The summed E-state index contributed by atoms with van der Waals surface area (Å²) in [5.41, 5.74) is 1.35. The van der Waals surface area contributed by atoms with Crippen LogP contribution in [0.2, 0.25) is 0 Å². The monoisotopic (exact) mass is 382 g/mol. The van der Waals surface area contributed by atoms with Crippen molar-refractivity contribution >= 4 is 11.8 Å². The summed E-state index contributed by atoms with van der Waals surface area (Å²) in [7, 11) is 1.69. The molecular weight excluding hydrogens is 352 g/mol. The molecule has 0 saturated carbocycles. The van der Waals surface area contributed by atoms with Gasteiger partial charge in [-0.25, -0.2) is 0 Å². The van der Waals surface area contributed by atoms with Gasteiger partial charge in [0.2, 0.25) is 11.8 Å². The third kappa shape index (κ3) is 4.00. The topological polar surface area (TPSA) is 49.9 Å². The Bertz CT molecular complexity index is 709. The van der Waals surface area contributed by atoms with Crippen molar-refractivity contribution in [3.05, 3.63) is 42.0 Å². The fourth-order valence-electron chi connectivity index (χ4n) is 4.79. The van der Waals surface area contributed by atoms with E-state index < -0.39 is 0 Å². The van der Waals surface area contributed by atoms with Crippen molar-refractivity contribution < 1.29 is 14.3 Å². The van der Waals surface area contributed by atoms with Crippen LogP contribution in [0.5, 0.6) is 5.75 Å². The van der Waals surface area contributed by atoms with Crippen molar-refractivity contribution in [1.29, 1.82) is 0 Å². The molecule has 0 N–H and O–H groups in total. The van der Waals surface area contributed by atoms with Crippen LogP contribution in [0, 0.1) is 17.8 Å². The molecule has 3 aliphatic rings. The lowest BCUT2D eigenvalue weighted by molar-refractivity contribution is -0.142. The number of carbonyl (C=O) groups is 2. The SMILES string of the molecule is COc1ccc(CCC2CCN(CN3C(=O)[C@H]4CC=CC[C@H]4C3=O)CC2)cc1. The highest BCUT2D eigenvalue weighted by Gasteiger charge is 2.47. The number of methoxy groups -OCH3 is 1. The highest BCUT2D eigenvalue weighted by molar-refractivity contribution is 6.05. The van der Waals surface area contributed by atoms with E-state index in [2.05, 4.69) is 17.0 Å². The number of hydrogen-bond acceptors (Lipinski definition) is 4. The molecule has 0 bridgehead atoms. The maximum Gasteiger partial charge on any atom is 0.234 e. The molecule has 0 spiro atoms. The van der Waals surface area contributed by atoms with Crippen molar-refractivity contribution in [2.45, 2.75) is 38.5 Å². The molecule has 0 unspecified atom stereocenters. The number of rotatable bonds is 6. The summed E-state index contributed by atoms with van der Waals surface area (Å²) in [6.07, 6.45) is 10.1. The second kappa shape index (κ2) is 8.48. The van der Waals surface area contributed by atoms with Crippen LogP contribution in [0.25, 0.3) is 0 Å². The van der Waals surface area contributed by atoms with Crippen molar-refractivity contribution in [2.75, 3.05) is 26.9 Å². The van der Waals surface area contributed by atoms with Crippen molar-refractivity contribution in [1.82, 2.24) is 9.80 Å². The fraction of sp³-hybridized carbons (Fsp3) is 0.565. The third-order valence-corrected chi connectivity index (χ3v) is 6.65. The number of benzene rings is 1. The molecule has 4 rings (SSSR count). The molecule has 2 fully saturated rings. The lowest BCUT2D eigenvalue weighted by Gasteiger charge is -2.34. The van der Waals surface area contributed by atoms with E-state index in [4.69, 9.17) is 4.74 Å². The Kier molecular flexibility index (Phi) is 5.81. The van der Waals surface area contributed by atoms with Crippen LogP contribution in [0.1, 0.15) is 37.7 Å². The molecule has 2 saturated heterocycles. The smallest absolute Gasteiger partial charge is 0.234 e. The maximum atomic E-state index is 12.6. The van der Waals surface area contributed by atoms with Crippen molar-refractivity contribution in [3.8, 4) is 5.75 Å². The third-order valence-electron chi connectivity index (χ3n) is 6.65. The van der Waals surface area contributed by atoms with E-state index in [1.807, 2.05) is 24.3 Å². The summed E-state index contributed by atoms with van der Waals surface area (Å²) in [5, 5.41) is 0. The average Bonchev–Trinajstić information content (AvgIpc) is 2.99. The predicted molar refractivity (Wildman–Crippen MR) is 108 cm³/mol. The number of imide groups is 1. The minimum Gasteiger partial charge on any atom is -0.497 e. The van der Waals surface area contributed by atoms with Crippen LogP contribution in [-0.4, -0.2) is 48.5 Å². The number of allylic oxidation sites excluding steroid dienone is 2. The molecule has 0 aromatic heterocycles. The van der Waals surface area contributed by atoms with E-state index in [0.29, 0.717) is 6.67 Å². The van der Waals surface area contributed by atoms with Gasteiger partial charge in [-0.2, -0.15) is 0 Å². The summed E-state index contributed by atoms with van der Waals surface area (Å²) in [5.74, 6) is 1.48. The Labute approximate surface area is 167 Å². The number of carbonyl (C=O) groups excluding carboxylic acids is 2. The molecule has 5 heteroatoms. The zero-order chi connectivity index (χ0) is 19.5. The second-order valence-corrected chi connectivity index (χ2v) is 8.35. The second-order valence-electron chi connectivity index (χ2n) is 8.35. The predicted octanol–water partition coefficient (Wildman–Crippen LogP) is 3.25. The number of hydrogen-bond donors (Lipinski definition) is 0. The Hall–Kier alpha value is -2.14. The highest BCUT2D eigenvalue weighted by Crippen LogP contribution is 2.35. The lowest BCUT2D eigenvalue weighted by atomic mass is 9.85. The Morgan fingerprint density at radius 1 is 0.964 bits per heavy atom. The number of amides is 2. The van der Waals surface area contributed by atoms with Gasteiger partial charge in [0.25, 0.3) is 0 Å². The maximum absolute atomic E-state index is 12.6. The Morgan fingerprint density at radius 3 is 2.14 bits per heavy atom. The van der Waals surface area contributed by atoms with Gasteiger partial charge in [0, 0.05) is 13.1 Å². The first-order valence-corrected chi connectivity index (χ1v) is 10.5. The van der Waals surface area contributed by atoms with E-state index in [0.717, 1.165) is 56.9 Å². The van der Waals surface area contributed by atoms with Crippen molar-refractivity contribution in [3.63, 3.8) is 0 Å². The molecule has 2 atom stereocenters. The highest BCUT2D eigenvalue weighted by atomic mass is 16.5. The van der Waals surface area contributed by atoms with E-state index in [1.54, 1.807) is 7.11 Å². The van der Waals surface area contributed by atoms with E-state index in [-0.39, 0.29) is 23.7 Å². The lowest BCUT2D eigenvalue weighted by Crippen LogP contribution is -2.45. The summed E-state index contributed by atoms with van der Waals surface area (Å²) in [4.78, 5) is 29.1. The van der Waals surface area contributed by atoms with Crippen LogP contribution >= 0.6 is 0 Å². The zero-order valence-corrected chi connectivity index (χ0v) is 16.7. The van der Waals surface area contributed by atoms with E-state index >= 15 is 0 Å². The Morgan fingerprint density at radius 2 is 1.57 bits per heavy atom. The first-order chi connectivity index (χ1) is 13.7. The summed E-state index contributed by atoms with van der Waals surface area (Å²) >= 11 is 0. The van der Waals surface area contributed by atoms with E-state index in [1.165, 1.54) is 16.9 Å². The molecule has 2 amide bonds. The minimum atomic E-state index is -0.112. The van der Waals surface area contributed by atoms with Crippen LogP contribution in [0.3, 0.4) is 0 Å². The van der Waals surface area contributed by atoms with Crippen LogP contribution in [0.15, 0.2) is 36.4 Å². The minimum absolute atomic E-state index is 0.0426. The fourth-order valence-corrected chi connectivity index (χ4v) is 4.79. The number of aryl methyl sites for hydroxylation is 1. The molecule has 1 aliphatic carbocycles. The standard InChI is InChI=1S/C23H30N2O3/c1-28-19-10-8-17(9-11-19)6-7-18-12-14-24(15-13-18)16-25-22(26)20-4-2-3-5-21(20)23(25)27/h2-3,8-11,18,20-21H,4-7,12-16H2,1H3/t20-,21+. The zero-order valence-electron chi connectivity index (χ0n) is 16.7. The molecule has 28 heavy (non-hydrogen) atoms. The molecule has 1 aromatic rings. The first-order valence-electron chi connectivity index (χ1n) is 10.5. The number of likely N-dealkylation sites (tertiary alicyclic amines) is 2. The van der Waals surface area contributed by atoms with Gasteiger partial charge in [0.1, 0.15) is 5.75 Å². The molecular formula is C23H30N2O3. The van der Waals surface area contributed by atoms with Gasteiger partial charge in [-0.15, -0.1) is 0 Å². The number of piperidine rings is 1. The average molecular weight is 383 g/mol. The van der Waals surface area contributed by atoms with Gasteiger partial charge in [-0.1, -0.05) is 24.3 Å². The summed E-state index contributed by atoms with van der Waals surface area (Å²) in [6.45, 7) is 2.42. The molecule has 150 valence electrons. The normalized spacial score (nSPS) is 26.0. The van der Waals surface area contributed by atoms with Crippen LogP contribution in [0.4, 0.5) is 0 Å². The number of ether oxygens (including phenoxy) is 1. The largest absolute Gasteiger partial charge is 0.497 e. The summed E-state index contributed by atoms with van der Waals surface area (Å²) in [6, 6.07) is 8.34. The number of nitrogens with zero attached hydrogens (tertiary/aromatic N) is 2. The molecule has 2 aliphatic heterocycles. The molecule has 0 radical (unpaired) electrons. The molecule has 1 aromatic carbocycles. The molecule has 2 heterocycles. The number of fused-ring (bicyclic) bond motifs is 1. The van der Waals surface area contributed by atoms with Gasteiger partial charge in [-0.3, -0.25) is 19.4 Å². The summed E-state index contributed by atoms with van der Waals surface area (Å²) < 4.78 is 5.22. The van der Waals surface area contributed by atoms with Gasteiger partial charge < -0.3 is 4.74 Å². The van der Waals surface area contributed by atoms with Crippen LogP contribution in [-0.2, 0) is 16.0 Å². The Balaban J connectivity index is 1.23. The van der Waals surface area contributed by atoms with Gasteiger partial charge in [0.05, 0.1) is 25.6 Å². The quantitative estimate of drug-likeness (QED) is 0.560. The van der Waals surface area contributed by atoms with Gasteiger partial charge in [0.15, 0.2) is 0 Å². The van der Waals surface area contributed by atoms with Crippen LogP contribution < -0.4 is 4.74 Å². The van der Waals surface area contributed by atoms with E-state index in [9.17, 15) is 9.59 Å². The molecule has 5 nitrogen and oxygen atoms in total.